The first-order valence-corrected chi connectivity index (χ1v) is 8.57. The summed E-state index contributed by atoms with van der Waals surface area (Å²) in [6.45, 7) is 6.53. The Bertz CT molecular complexity index is 616. The molecule has 0 radical (unpaired) electrons. The van der Waals surface area contributed by atoms with Crippen molar-refractivity contribution in [2.45, 2.75) is 63.7 Å². The van der Waals surface area contributed by atoms with Gasteiger partial charge in [-0.15, -0.1) is 0 Å². The quantitative estimate of drug-likeness (QED) is 0.732. The molecule has 0 bridgehead atoms. The highest BCUT2D eigenvalue weighted by Gasteiger charge is 2.48. The molecule has 2 fully saturated rings. The van der Waals surface area contributed by atoms with Gasteiger partial charge >= 0.3 is 0 Å². The third-order valence-corrected chi connectivity index (χ3v) is 5.69. The topological polar surface area (TPSA) is 86.9 Å². The SMILES string of the molecule is Cc1[nH]nc(S(=O)(=O)NC2CC2(C)C)c1CNC1CC1. The zero-order valence-corrected chi connectivity index (χ0v) is 13.0. The van der Waals surface area contributed by atoms with Crippen LogP contribution in [0.15, 0.2) is 5.03 Å². The second kappa shape index (κ2) is 4.54. The van der Waals surface area contributed by atoms with Crippen LogP contribution >= 0.6 is 0 Å². The van der Waals surface area contributed by atoms with Gasteiger partial charge in [0, 0.05) is 29.9 Å². The molecule has 1 atom stereocenters. The van der Waals surface area contributed by atoms with Crippen LogP contribution in [0.1, 0.15) is 44.4 Å². The monoisotopic (exact) mass is 298 g/mol. The van der Waals surface area contributed by atoms with Crippen molar-refractivity contribution in [1.29, 1.82) is 0 Å². The average molecular weight is 298 g/mol. The summed E-state index contributed by atoms with van der Waals surface area (Å²) in [7, 11) is -3.54. The third-order valence-electron chi connectivity index (χ3n) is 4.25. The Hall–Kier alpha value is -0.920. The van der Waals surface area contributed by atoms with E-state index in [0.29, 0.717) is 12.6 Å². The van der Waals surface area contributed by atoms with Gasteiger partial charge in [-0.25, -0.2) is 13.1 Å². The normalized spacial score (nSPS) is 24.9. The summed E-state index contributed by atoms with van der Waals surface area (Å²) >= 11 is 0. The molecular formula is C13H22N4O2S. The van der Waals surface area contributed by atoms with Crippen LogP contribution in [0.5, 0.6) is 0 Å². The Morgan fingerprint density at radius 3 is 2.60 bits per heavy atom. The van der Waals surface area contributed by atoms with Gasteiger partial charge in [-0.2, -0.15) is 5.10 Å². The van der Waals surface area contributed by atoms with Gasteiger partial charge in [-0.1, -0.05) is 13.8 Å². The van der Waals surface area contributed by atoms with Gasteiger partial charge in [-0.05, 0) is 31.6 Å². The minimum Gasteiger partial charge on any atom is -0.310 e. The minimum atomic E-state index is -3.54. The molecule has 0 aromatic carbocycles. The maximum Gasteiger partial charge on any atom is 0.260 e. The number of aryl methyl sites for hydroxylation is 1. The zero-order valence-electron chi connectivity index (χ0n) is 12.2. The summed E-state index contributed by atoms with van der Waals surface area (Å²) in [6.07, 6.45) is 3.23. The highest BCUT2D eigenvalue weighted by atomic mass is 32.2. The molecule has 0 saturated heterocycles. The summed E-state index contributed by atoms with van der Waals surface area (Å²) in [5.74, 6) is 0. The molecule has 6 nitrogen and oxygen atoms in total. The lowest BCUT2D eigenvalue weighted by Crippen LogP contribution is -2.30. The Balaban J connectivity index is 1.77. The predicted octanol–water partition coefficient (Wildman–Crippen LogP) is 1.05. The molecule has 7 heteroatoms. The molecule has 0 amide bonds. The van der Waals surface area contributed by atoms with E-state index in [9.17, 15) is 8.42 Å². The number of sulfonamides is 1. The molecule has 3 rings (SSSR count). The standard InChI is InChI=1S/C13H22N4O2S/c1-8-10(7-14-9-4-5-9)12(16-15-8)20(18,19)17-11-6-13(11,2)3/h9,11,14,17H,4-7H2,1-3H3,(H,15,16). The molecule has 0 spiro atoms. The van der Waals surface area contributed by atoms with Crippen LogP contribution in [-0.4, -0.2) is 30.7 Å². The van der Waals surface area contributed by atoms with Crippen LogP contribution < -0.4 is 10.0 Å². The summed E-state index contributed by atoms with van der Waals surface area (Å²) in [5.41, 5.74) is 1.63. The van der Waals surface area contributed by atoms with Gasteiger partial charge in [0.05, 0.1) is 0 Å². The zero-order chi connectivity index (χ0) is 14.5. The van der Waals surface area contributed by atoms with Crippen molar-refractivity contribution >= 4 is 10.0 Å². The number of rotatable bonds is 6. The molecular weight excluding hydrogens is 276 g/mol. The van der Waals surface area contributed by atoms with E-state index in [2.05, 4.69) is 34.1 Å². The lowest BCUT2D eigenvalue weighted by molar-refractivity contribution is 0.549. The lowest BCUT2D eigenvalue weighted by atomic mass is 10.2. The van der Waals surface area contributed by atoms with Crippen molar-refractivity contribution in [3.05, 3.63) is 11.3 Å². The van der Waals surface area contributed by atoms with Crippen molar-refractivity contribution < 1.29 is 8.42 Å². The Kier molecular flexibility index (Phi) is 3.19. The van der Waals surface area contributed by atoms with E-state index in [4.69, 9.17) is 0 Å². The van der Waals surface area contributed by atoms with Gasteiger partial charge in [0.25, 0.3) is 10.0 Å². The maximum atomic E-state index is 12.4. The Morgan fingerprint density at radius 2 is 2.05 bits per heavy atom. The van der Waals surface area contributed by atoms with Crippen LogP contribution in [-0.2, 0) is 16.6 Å². The van der Waals surface area contributed by atoms with E-state index < -0.39 is 10.0 Å². The molecule has 20 heavy (non-hydrogen) atoms. The Morgan fingerprint density at radius 1 is 1.40 bits per heavy atom. The van der Waals surface area contributed by atoms with E-state index in [1.807, 2.05) is 6.92 Å². The molecule has 1 aromatic heterocycles. The smallest absolute Gasteiger partial charge is 0.260 e. The minimum absolute atomic E-state index is 0.0220. The van der Waals surface area contributed by atoms with Gasteiger partial charge < -0.3 is 5.32 Å². The molecule has 0 aliphatic heterocycles. The highest BCUT2D eigenvalue weighted by molar-refractivity contribution is 7.89. The van der Waals surface area contributed by atoms with Crippen LogP contribution in [0, 0.1) is 12.3 Å². The van der Waals surface area contributed by atoms with Crippen LogP contribution in [0.4, 0.5) is 0 Å². The van der Waals surface area contributed by atoms with Gasteiger partial charge in [-0.3, -0.25) is 5.10 Å². The predicted molar refractivity (Wildman–Crippen MR) is 75.7 cm³/mol. The number of hydrogen-bond donors (Lipinski definition) is 3. The van der Waals surface area contributed by atoms with E-state index >= 15 is 0 Å². The number of H-pyrrole nitrogens is 1. The number of nitrogens with zero attached hydrogens (tertiary/aromatic N) is 1. The summed E-state index contributed by atoms with van der Waals surface area (Å²) in [6, 6.07) is 0.559. The second-order valence-corrected chi connectivity index (χ2v) is 8.28. The fourth-order valence-corrected chi connectivity index (χ4v) is 3.91. The fourth-order valence-electron chi connectivity index (χ4n) is 2.31. The van der Waals surface area contributed by atoms with E-state index in [-0.39, 0.29) is 16.5 Å². The van der Waals surface area contributed by atoms with Gasteiger partial charge in [0.15, 0.2) is 5.03 Å². The van der Waals surface area contributed by atoms with Crippen molar-refractivity contribution in [3.8, 4) is 0 Å². The van der Waals surface area contributed by atoms with Crippen molar-refractivity contribution in [2.75, 3.05) is 0 Å². The van der Waals surface area contributed by atoms with E-state index in [1.165, 1.54) is 12.8 Å². The summed E-state index contributed by atoms with van der Waals surface area (Å²) in [4.78, 5) is 0. The molecule has 1 heterocycles. The van der Waals surface area contributed by atoms with Gasteiger partial charge in [0.1, 0.15) is 0 Å². The fraction of sp³-hybridized carbons (Fsp3) is 0.769. The van der Waals surface area contributed by atoms with Crippen LogP contribution in [0.25, 0.3) is 0 Å². The molecule has 1 aromatic rings. The number of hydrogen-bond acceptors (Lipinski definition) is 4. The first-order valence-electron chi connectivity index (χ1n) is 7.09. The molecule has 3 N–H and O–H groups in total. The molecule has 2 aliphatic rings. The highest BCUT2D eigenvalue weighted by Crippen LogP contribution is 2.45. The van der Waals surface area contributed by atoms with Crippen LogP contribution in [0.2, 0.25) is 0 Å². The first-order chi connectivity index (χ1) is 9.29. The number of aromatic amines is 1. The molecule has 112 valence electrons. The number of aromatic nitrogens is 2. The maximum absolute atomic E-state index is 12.4. The first kappa shape index (κ1) is 14.0. The van der Waals surface area contributed by atoms with E-state index in [0.717, 1.165) is 17.7 Å². The molecule has 2 aliphatic carbocycles. The van der Waals surface area contributed by atoms with Crippen molar-refractivity contribution in [3.63, 3.8) is 0 Å². The van der Waals surface area contributed by atoms with Crippen molar-refractivity contribution in [2.24, 2.45) is 5.41 Å². The second-order valence-electron chi connectivity index (χ2n) is 6.65. The molecule has 1 unspecified atom stereocenters. The van der Waals surface area contributed by atoms with Gasteiger partial charge in [0.2, 0.25) is 0 Å². The van der Waals surface area contributed by atoms with Crippen LogP contribution in [0.3, 0.4) is 0 Å². The molecule has 2 saturated carbocycles. The third kappa shape index (κ3) is 2.75. The Labute approximate surface area is 119 Å². The average Bonchev–Trinajstić information content (AvgIpc) is 3.21. The summed E-state index contributed by atoms with van der Waals surface area (Å²) < 4.78 is 27.6. The lowest BCUT2D eigenvalue weighted by Gasteiger charge is -2.09. The number of nitrogens with one attached hydrogen (secondary N) is 3. The van der Waals surface area contributed by atoms with E-state index in [1.54, 1.807) is 0 Å². The largest absolute Gasteiger partial charge is 0.310 e. The summed E-state index contributed by atoms with van der Waals surface area (Å²) in [5, 5.41) is 10.3. The van der Waals surface area contributed by atoms with Crippen molar-refractivity contribution in [1.82, 2.24) is 20.2 Å².